The Labute approximate surface area is 88.3 Å². The summed E-state index contributed by atoms with van der Waals surface area (Å²) in [4.78, 5) is 3.47. The second-order valence-corrected chi connectivity index (χ2v) is 3.52. The van der Waals surface area contributed by atoms with Crippen molar-refractivity contribution in [1.29, 1.82) is 0 Å². The van der Waals surface area contributed by atoms with Crippen LogP contribution in [0.5, 0.6) is 0 Å². The molecule has 0 fully saturated rings. The highest BCUT2D eigenvalue weighted by Gasteiger charge is 2.34. The fourth-order valence-electron chi connectivity index (χ4n) is 1.38. The summed E-state index contributed by atoms with van der Waals surface area (Å²) in [6.45, 7) is 0. The lowest BCUT2D eigenvalue weighted by molar-refractivity contribution is 0.0661. The molecule has 0 saturated carbocycles. The van der Waals surface area contributed by atoms with E-state index in [9.17, 15) is 14.6 Å². The summed E-state index contributed by atoms with van der Waals surface area (Å²) in [7, 11) is 0. The largest absolute Gasteiger partial charge is 0.374 e. The van der Waals surface area contributed by atoms with Crippen LogP contribution in [0.3, 0.4) is 0 Å². The van der Waals surface area contributed by atoms with E-state index < -0.39 is 23.4 Å². The Morgan fingerprint density at radius 2 is 1.71 bits per heavy atom. The van der Waals surface area contributed by atoms with Crippen molar-refractivity contribution in [3.05, 3.63) is 27.3 Å². The van der Waals surface area contributed by atoms with Crippen molar-refractivity contribution >= 4 is 23.2 Å². The molecule has 2 atom stereocenters. The molecular formula is C7H5Cl2FN2O2. The molecule has 0 aliphatic carbocycles. The number of nitrogens with zero attached hydrogens (tertiary/aromatic N) is 1. The van der Waals surface area contributed by atoms with Gasteiger partial charge >= 0.3 is 0 Å². The molecule has 0 bridgehead atoms. The van der Waals surface area contributed by atoms with Crippen LogP contribution in [0.1, 0.15) is 23.6 Å². The smallest absolute Gasteiger partial charge is 0.168 e. The van der Waals surface area contributed by atoms with Gasteiger partial charge in [-0.25, -0.2) is 9.37 Å². The van der Waals surface area contributed by atoms with Crippen LogP contribution in [0.2, 0.25) is 10.3 Å². The van der Waals surface area contributed by atoms with Gasteiger partial charge in [-0.3, -0.25) is 5.32 Å². The molecule has 1 aliphatic rings. The number of aliphatic hydroxyl groups excluding tert-OH is 2. The third-order valence-corrected chi connectivity index (χ3v) is 2.53. The van der Waals surface area contributed by atoms with Crippen LogP contribution in [-0.2, 0) is 0 Å². The quantitative estimate of drug-likeness (QED) is 0.593. The van der Waals surface area contributed by atoms with Gasteiger partial charge in [-0.15, -0.1) is 0 Å². The van der Waals surface area contributed by atoms with Gasteiger partial charge in [-0.05, 0) is 0 Å². The highest BCUT2D eigenvalue weighted by Crippen LogP contribution is 2.38. The minimum atomic E-state index is -1.32. The molecule has 0 saturated heterocycles. The van der Waals surface area contributed by atoms with E-state index in [0.717, 1.165) is 0 Å². The molecule has 3 N–H and O–H groups in total. The monoisotopic (exact) mass is 238 g/mol. The maximum Gasteiger partial charge on any atom is 0.168 e. The van der Waals surface area contributed by atoms with Gasteiger partial charge in [0.2, 0.25) is 0 Å². The van der Waals surface area contributed by atoms with Crippen molar-refractivity contribution in [2.75, 3.05) is 0 Å². The minimum absolute atomic E-state index is 0.0288. The predicted octanol–water partition coefficient (Wildman–Crippen LogP) is 1.11. The van der Waals surface area contributed by atoms with Crippen molar-refractivity contribution in [2.24, 2.45) is 0 Å². The molecule has 1 aliphatic heterocycles. The fraction of sp³-hybridized carbons (Fsp3) is 0.286. The minimum Gasteiger partial charge on any atom is -0.374 e. The summed E-state index contributed by atoms with van der Waals surface area (Å²) < 4.78 is 13.3. The van der Waals surface area contributed by atoms with E-state index in [1.54, 1.807) is 0 Å². The number of rotatable bonds is 0. The average molecular weight is 239 g/mol. The predicted molar refractivity (Wildman–Crippen MR) is 47.3 cm³/mol. The first-order valence-corrected chi connectivity index (χ1v) is 4.44. The third kappa shape index (κ3) is 1.29. The van der Waals surface area contributed by atoms with E-state index >= 15 is 0 Å². The van der Waals surface area contributed by atoms with Gasteiger partial charge < -0.3 is 10.2 Å². The number of aliphatic hydroxyl groups is 2. The van der Waals surface area contributed by atoms with Crippen LogP contribution in [0.15, 0.2) is 0 Å². The molecule has 1 aromatic heterocycles. The Bertz CT molecular complexity index is 402. The molecule has 0 amide bonds. The summed E-state index contributed by atoms with van der Waals surface area (Å²) in [5, 5.41) is 20.4. The van der Waals surface area contributed by atoms with Gasteiger partial charge in [0.1, 0.15) is 17.6 Å². The summed E-state index contributed by atoms with van der Waals surface area (Å²) in [6.07, 6.45) is -2.55. The highest BCUT2D eigenvalue weighted by molar-refractivity contribution is 6.33. The second-order valence-electron chi connectivity index (χ2n) is 2.81. The standard InChI is InChI=1S/C7H5Cl2FN2O2/c8-4-2-1(3(10)5(9)11-4)6(13)12-7(2)14/h6-7,12-14H. The average Bonchev–Trinajstić information content (AvgIpc) is 2.38. The number of halogens is 3. The number of hydrogen-bond acceptors (Lipinski definition) is 4. The van der Waals surface area contributed by atoms with E-state index in [-0.39, 0.29) is 16.3 Å². The van der Waals surface area contributed by atoms with Crippen LogP contribution in [0, 0.1) is 5.82 Å². The molecule has 2 rings (SSSR count). The molecule has 7 heteroatoms. The number of aromatic nitrogens is 1. The van der Waals surface area contributed by atoms with Crippen LogP contribution >= 0.6 is 23.2 Å². The van der Waals surface area contributed by atoms with Gasteiger partial charge in [0, 0.05) is 11.1 Å². The van der Waals surface area contributed by atoms with E-state index in [1.165, 1.54) is 0 Å². The maximum absolute atomic E-state index is 13.3. The normalized spacial score (nSPS) is 25.2. The Hall–Kier alpha value is -0.460. The van der Waals surface area contributed by atoms with E-state index in [2.05, 4.69) is 10.3 Å². The van der Waals surface area contributed by atoms with Crippen molar-refractivity contribution < 1.29 is 14.6 Å². The van der Waals surface area contributed by atoms with Crippen LogP contribution < -0.4 is 5.32 Å². The summed E-state index contributed by atoms with van der Waals surface area (Å²) in [5.41, 5.74) is -0.122. The Kier molecular flexibility index (Phi) is 2.36. The fourth-order valence-corrected chi connectivity index (χ4v) is 1.90. The van der Waals surface area contributed by atoms with Crippen molar-refractivity contribution in [3.8, 4) is 0 Å². The van der Waals surface area contributed by atoms with Gasteiger partial charge in [-0.2, -0.15) is 0 Å². The molecule has 0 spiro atoms. The van der Waals surface area contributed by atoms with Gasteiger partial charge in [0.05, 0.1) is 0 Å². The Morgan fingerprint density at radius 1 is 1.14 bits per heavy atom. The lowest BCUT2D eigenvalue weighted by Gasteiger charge is -2.06. The summed E-state index contributed by atoms with van der Waals surface area (Å²) in [6, 6.07) is 0. The number of pyridine rings is 1. The highest BCUT2D eigenvalue weighted by atomic mass is 35.5. The van der Waals surface area contributed by atoms with E-state index in [1.807, 2.05) is 0 Å². The molecule has 0 aromatic carbocycles. The topological polar surface area (TPSA) is 65.4 Å². The maximum atomic E-state index is 13.3. The molecule has 2 unspecified atom stereocenters. The number of nitrogens with one attached hydrogen (secondary N) is 1. The van der Waals surface area contributed by atoms with Gasteiger partial charge in [0.25, 0.3) is 0 Å². The van der Waals surface area contributed by atoms with Crippen LogP contribution in [-0.4, -0.2) is 15.2 Å². The van der Waals surface area contributed by atoms with Crippen molar-refractivity contribution in [1.82, 2.24) is 10.3 Å². The molecule has 76 valence electrons. The zero-order valence-corrected chi connectivity index (χ0v) is 8.14. The number of hydrogen-bond donors (Lipinski definition) is 3. The first-order valence-electron chi connectivity index (χ1n) is 3.69. The first kappa shape index (κ1) is 10.1. The van der Waals surface area contributed by atoms with Gasteiger partial charge in [-0.1, -0.05) is 23.2 Å². The summed E-state index contributed by atoms with van der Waals surface area (Å²) >= 11 is 11.1. The molecule has 14 heavy (non-hydrogen) atoms. The zero-order valence-electron chi connectivity index (χ0n) is 6.63. The van der Waals surface area contributed by atoms with E-state index in [0.29, 0.717) is 0 Å². The lowest BCUT2D eigenvalue weighted by atomic mass is 10.1. The molecular weight excluding hydrogens is 234 g/mol. The van der Waals surface area contributed by atoms with Crippen LogP contribution in [0.4, 0.5) is 4.39 Å². The molecule has 1 aromatic rings. The van der Waals surface area contributed by atoms with Gasteiger partial charge in [0.15, 0.2) is 11.0 Å². The van der Waals surface area contributed by atoms with Crippen molar-refractivity contribution in [3.63, 3.8) is 0 Å². The molecule has 0 radical (unpaired) electrons. The van der Waals surface area contributed by atoms with Crippen molar-refractivity contribution in [2.45, 2.75) is 12.5 Å². The number of fused-ring (bicyclic) bond motifs is 1. The Balaban J connectivity index is 2.72. The first-order chi connectivity index (χ1) is 6.52. The van der Waals surface area contributed by atoms with Crippen LogP contribution in [0.25, 0.3) is 0 Å². The SMILES string of the molecule is OC1NC(O)c2c(F)c(Cl)nc(Cl)c21. The summed E-state index contributed by atoms with van der Waals surface area (Å²) in [5.74, 6) is -0.873. The third-order valence-electron chi connectivity index (χ3n) is 1.99. The van der Waals surface area contributed by atoms with E-state index in [4.69, 9.17) is 23.2 Å². The molecule has 4 nitrogen and oxygen atoms in total. The zero-order chi connectivity index (χ0) is 10.5. The second kappa shape index (κ2) is 3.29. The Morgan fingerprint density at radius 3 is 2.36 bits per heavy atom. The molecule has 2 heterocycles. The lowest BCUT2D eigenvalue weighted by Crippen LogP contribution is -2.16.